The Morgan fingerprint density at radius 1 is 0.933 bits per heavy atom. The van der Waals surface area contributed by atoms with Crippen molar-refractivity contribution in [3.8, 4) is 0 Å². The summed E-state index contributed by atoms with van der Waals surface area (Å²) in [7, 11) is 0. The summed E-state index contributed by atoms with van der Waals surface area (Å²) in [5.41, 5.74) is 3.20. The van der Waals surface area contributed by atoms with E-state index in [9.17, 15) is 5.11 Å². The van der Waals surface area contributed by atoms with Crippen molar-refractivity contribution in [3.05, 3.63) is 0 Å². The molecule has 0 aliphatic heterocycles. The first-order valence-corrected chi connectivity index (χ1v) is 12.8. The zero-order valence-electron chi connectivity index (χ0n) is 20.5. The number of hydrogen-bond acceptors (Lipinski definition) is 3. The minimum Gasteiger partial charge on any atom is -0.393 e. The largest absolute Gasteiger partial charge is 0.393 e. The maximum Gasteiger partial charge on any atom is 0.0546 e. The van der Waals surface area contributed by atoms with Gasteiger partial charge < -0.3 is 5.11 Å². The van der Waals surface area contributed by atoms with Gasteiger partial charge in [-0.1, -0.05) is 6.92 Å². The second-order valence-corrected chi connectivity index (χ2v) is 12.1. The molecule has 4 aliphatic carbocycles. The van der Waals surface area contributed by atoms with Gasteiger partial charge in [-0.2, -0.15) is 0 Å². The van der Waals surface area contributed by atoms with E-state index >= 15 is 0 Å². The van der Waals surface area contributed by atoms with Crippen LogP contribution in [0.4, 0.5) is 0 Å². The minimum absolute atomic E-state index is 0.198. The van der Waals surface area contributed by atoms with Gasteiger partial charge in [0.1, 0.15) is 0 Å². The average molecular weight is 415 g/mol. The van der Waals surface area contributed by atoms with Gasteiger partial charge in [0.2, 0.25) is 0 Å². The molecule has 4 fully saturated rings. The average Bonchev–Trinajstić information content (AvgIpc) is 3.06. The Labute approximate surface area is 185 Å². The predicted molar refractivity (Wildman–Crippen MR) is 127 cm³/mol. The summed E-state index contributed by atoms with van der Waals surface area (Å²) in [4.78, 5) is 9.95. The van der Waals surface area contributed by atoms with Gasteiger partial charge in [0.05, 0.1) is 12.1 Å². The molecule has 0 bridgehead atoms. The number of rotatable bonds is 4. The fourth-order valence-electron chi connectivity index (χ4n) is 8.91. The van der Waals surface area contributed by atoms with Gasteiger partial charge in [-0.15, -0.1) is 0 Å². The molecule has 3 nitrogen and oxygen atoms in total. The Morgan fingerprint density at radius 3 is 2.37 bits per heavy atom. The third kappa shape index (κ3) is 3.71. The van der Waals surface area contributed by atoms with Crippen LogP contribution in [0.15, 0.2) is 9.98 Å². The summed E-state index contributed by atoms with van der Waals surface area (Å²) in [5, 5.41) is 10.7. The Balaban J connectivity index is 1.59. The van der Waals surface area contributed by atoms with Gasteiger partial charge in [0.25, 0.3) is 0 Å². The predicted octanol–water partition coefficient (Wildman–Crippen LogP) is 6.34. The molecule has 170 valence electrons. The summed E-state index contributed by atoms with van der Waals surface area (Å²) in [6.07, 6.45) is 11.7. The van der Waals surface area contributed by atoms with Crippen LogP contribution in [0, 0.1) is 40.4 Å². The number of nitrogens with zero attached hydrogens (tertiary/aromatic N) is 2. The summed E-state index contributed by atoms with van der Waals surface area (Å²) >= 11 is 0. The minimum atomic E-state index is -0.198. The molecule has 4 rings (SSSR count). The summed E-state index contributed by atoms with van der Waals surface area (Å²) in [5.74, 6) is 3.79. The van der Waals surface area contributed by atoms with Crippen molar-refractivity contribution in [1.82, 2.24) is 0 Å². The van der Waals surface area contributed by atoms with E-state index in [0.29, 0.717) is 17.4 Å². The summed E-state index contributed by atoms with van der Waals surface area (Å²) in [6.45, 7) is 14.2. The number of hydrogen-bond donors (Lipinski definition) is 1. The van der Waals surface area contributed by atoms with Crippen LogP contribution in [0.1, 0.15) is 99.3 Å². The van der Waals surface area contributed by atoms with Crippen LogP contribution in [0.3, 0.4) is 0 Å². The van der Waals surface area contributed by atoms with E-state index in [4.69, 9.17) is 9.98 Å². The van der Waals surface area contributed by atoms with Crippen LogP contribution in [-0.2, 0) is 0 Å². The third-order valence-electron chi connectivity index (χ3n) is 10.1. The Morgan fingerprint density at radius 2 is 1.70 bits per heavy atom. The summed E-state index contributed by atoms with van der Waals surface area (Å²) < 4.78 is 0. The van der Waals surface area contributed by atoms with Crippen LogP contribution in [0.2, 0.25) is 0 Å². The fraction of sp³-hybridized carbons (Fsp3) is 0.926. The number of aliphatic hydroxyl groups excluding tert-OH is 1. The van der Waals surface area contributed by atoms with Gasteiger partial charge in [0.15, 0.2) is 0 Å². The molecule has 1 N–H and O–H groups in total. The molecule has 0 heterocycles. The van der Waals surface area contributed by atoms with Crippen molar-refractivity contribution in [1.29, 1.82) is 0 Å². The van der Waals surface area contributed by atoms with Crippen LogP contribution in [0.25, 0.3) is 0 Å². The maximum atomic E-state index is 10.7. The highest BCUT2D eigenvalue weighted by Gasteiger charge is 2.62. The van der Waals surface area contributed by atoms with Crippen LogP contribution in [0.5, 0.6) is 0 Å². The molecular formula is C27H46N2O. The molecule has 0 radical (unpaired) electrons. The molecule has 0 amide bonds. The highest BCUT2D eigenvalue weighted by Crippen LogP contribution is 2.68. The zero-order chi connectivity index (χ0) is 21.7. The lowest BCUT2D eigenvalue weighted by atomic mass is 9.44. The second-order valence-electron chi connectivity index (χ2n) is 12.1. The lowest BCUT2D eigenvalue weighted by Crippen LogP contribution is -2.55. The number of aliphatic imine (C=N–C) groups is 2. The van der Waals surface area contributed by atoms with Crippen molar-refractivity contribution < 1.29 is 5.11 Å². The topological polar surface area (TPSA) is 45.0 Å². The van der Waals surface area contributed by atoms with Crippen LogP contribution < -0.4 is 0 Å². The fourth-order valence-corrected chi connectivity index (χ4v) is 8.91. The van der Waals surface area contributed by atoms with Crippen molar-refractivity contribution >= 4 is 11.4 Å². The van der Waals surface area contributed by atoms with Gasteiger partial charge >= 0.3 is 0 Å². The SMILES string of the molecule is CC(C)=NC[C@]12CC[C@H]3[C@@H](CCC4C[C@@H](N=C(C)C)CC[C@@]43C)[C@@H]1CC[C@@H]2C(C)O. The molecule has 0 saturated heterocycles. The second kappa shape index (κ2) is 8.34. The van der Waals surface area contributed by atoms with E-state index in [2.05, 4.69) is 34.6 Å². The first-order chi connectivity index (χ1) is 14.2. The Bertz CT molecular complexity index is 689. The highest BCUT2D eigenvalue weighted by atomic mass is 16.3. The lowest BCUT2D eigenvalue weighted by molar-refractivity contribution is -0.122. The molecule has 0 aromatic carbocycles. The first-order valence-electron chi connectivity index (χ1n) is 12.8. The van der Waals surface area contributed by atoms with Crippen molar-refractivity contribution in [2.75, 3.05) is 6.54 Å². The quantitative estimate of drug-likeness (QED) is 0.536. The van der Waals surface area contributed by atoms with Crippen molar-refractivity contribution in [3.63, 3.8) is 0 Å². The number of aliphatic hydroxyl groups is 1. The normalized spacial score (nSPS) is 46.2. The molecule has 0 spiro atoms. The van der Waals surface area contributed by atoms with Gasteiger partial charge in [-0.25, -0.2) is 0 Å². The van der Waals surface area contributed by atoms with E-state index in [1.165, 1.54) is 69.2 Å². The summed E-state index contributed by atoms with van der Waals surface area (Å²) in [6, 6.07) is 0.570. The molecule has 4 aliphatic rings. The van der Waals surface area contributed by atoms with E-state index in [0.717, 1.165) is 30.2 Å². The van der Waals surface area contributed by atoms with E-state index in [1.807, 2.05) is 6.92 Å². The monoisotopic (exact) mass is 414 g/mol. The highest BCUT2D eigenvalue weighted by molar-refractivity contribution is 5.79. The Kier molecular flexibility index (Phi) is 6.25. The lowest BCUT2D eigenvalue weighted by Gasteiger charge is -2.61. The smallest absolute Gasteiger partial charge is 0.0546 e. The molecule has 3 heteroatoms. The molecule has 4 saturated carbocycles. The molecule has 9 atom stereocenters. The zero-order valence-corrected chi connectivity index (χ0v) is 20.5. The molecule has 2 unspecified atom stereocenters. The molecule has 30 heavy (non-hydrogen) atoms. The van der Waals surface area contributed by atoms with Gasteiger partial charge in [-0.3, -0.25) is 9.98 Å². The van der Waals surface area contributed by atoms with Crippen LogP contribution in [-0.4, -0.2) is 35.2 Å². The first kappa shape index (κ1) is 22.5. The number of fused-ring (bicyclic) bond motifs is 5. The molecule has 0 aromatic heterocycles. The van der Waals surface area contributed by atoms with Gasteiger partial charge in [-0.05, 0) is 133 Å². The van der Waals surface area contributed by atoms with Crippen molar-refractivity contribution in [2.24, 2.45) is 50.4 Å². The molecular weight excluding hydrogens is 368 g/mol. The van der Waals surface area contributed by atoms with E-state index in [-0.39, 0.29) is 11.5 Å². The standard InChI is InChI=1S/C27H46N2O/c1-17(2)28-16-27-14-12-24-22(25(27)10-9-23(27)19(5)30)8-7-20-15-21(29-18(3)4)11-13-26(20,24)6/h19-25,30H,7-16H2,1-6H3/t19?,20?,21-,22+,23+,24-,25-,26-,27-/m0/s1. The van der Waals surface area contributed by atoms with Gasteiger partial charge in [0, 0.05) is 18.0 Å². The molecule has 0 aromatic rings. The van der Waals surface area contributed by atoms with Crippen molar-refractivity contribution in [2.45, 2.75) is 111 Å². The third-order valence-corrected chi connectivity index (χ3v) is 10.1. The van der Waals surface area contributed by atoms with Crippen LogP contribution >= 0.6 is 0 Å². The maximum absolute atomic E-state index is 10.7. The van der Waals surface area contributed by atoms with E-state index in [1.54, 1.807) is 0 Å². The Hall–Kier alpha value is -0.700. The van der Waals surface area contributed by atoms with E-state index < -0.39 is 0 Å².